The first-order valence-electron chi connectivity index (χ1n) is 11.6. The highest BCUT2D eigenvalue weighted by Crippen LogP contribution is 2.41. The third-order valence-corrected chi connectivity index (χ3v) is 6.73. The number of benzene rings is 2. The van der Waals surface area contributed by atoms with E-state index in [1.165, 1.54) is 12.1 Å². The Hall–Kier alpha value is -3.51. The summed E-state index contributed by atoms with van der Waals surface area (Å²) < 4.78 is 17.1. The maximum atomic E-state index is 13.6. The number of rotatable bonds is 6. The van der Waals surface area contributed by atoms with Crippen LogP contribution in [0.15, 0.2) is 72.0 Å². The Kier molecular flexibility index (Phi) is 5.70. The van der Waals surface area contributed by atoms with Crippen molar-refractivity contribution < 1.29 is 9.50 Å². The van der Waals surface area contributed by atoms with Gasteiger partial charge < -0.3 is 14.2 Å². The van der Waals surface area contributed by atoms with Crippen molar-refractivity contribution in [2.75, 3.05) is 0 Å². The molecule has 1 saturated carbocycles. The molecule has 1 N–H and O–H groups in total. The second-order valence-corrected chi connectivity index (χ2v) is 9.31. The predicted molar refractivity (Wildman–Crippen MR) is 130 cm³/mol. The van der Waals surface area contributed by atoms with Gasteiger partial charge in [0.2, 0.25) is 0 Å². The van der Waals surface area contributed by atoms with Gasteiger partial charge in [-0.05, 0) is 86.1 Å². The molecule has 2 unspecified atom stereocenters. The van der Waals surface area contributed by atoms with Gasteiger partial charge in [0, 0.05) is 18.1 Å². The number of halogens is 1. The van der Waals surface area contributed by atoms with E-state index in [0.29, 0.717) is 17.0 Å². The van der Waals surface area contributed by atoms with Crippen LogP contribution in [0, 0.1) is 19.7 Å². The molecule has 0 saturated heterocycles. The molecule has 174 valence electrons. The van der Waals surface area contributed by atoms with Crippen LogP contribution in [-0.4, -0.2) is 19.2 Å². The Labute approximate surface area is 198 Å². The summed E-state index contributed by atoms with van der Waals surface area (Å²) in [6.07, 6.45) is 6.73. The topological polar surface area (TPSA) is 60.0 Å². The summed E-state index contributed by atoms with van der Waals surface area (Å²) >= 11 is 0. The molecule has 4 aromatic rings. The minimum atomic E-state index is -1.05. The van der Waals surface area contributed by atoms with Gasteiger partial charge in [0.25, 0.3) is 5.56 Å². The van der Waals surface area contributed by atoms with E-state index >= 15 is 0 Å². The Bertz CT molecular complexity index is 1400. The fourth-order valence-corrected chi connectivity index (χ4v) is 4.54. The third kappa shape index (κ3) is 4.21. The van der Waals surface area contributed by atoms with Crippen LogP contribution in [0.4, 0.5) is 4.39 Å². The largest absolute Gasteiger partial charge is 0.383 e. The summed E-state index contributed by atoms with van der Waals surface area (Å²) in [6, 6.07) is 13.5. The molecule has 0 radical (unpaired) electrons. The van der Waals surface area contributed by atoms with Gasteiger partial charge in [-0.3, -0.25) is 4.79 Å². The highest BCUT2D eigenvalue weighted by atomic mass is 19.1. The first kappa shape index (κ1) is 22.3. The van der Waals surface area contributed by atoms with Gasteiger partial charge in [0.05, 0.1) is 23.6 Å². The van der Waals surface area contributed by atoms with E-state index in [2.05, 4.69) is 4.98 Å². The number of hydrogen-bond acceptors (Lipinski definition) is 3. The number of aliphatic hydroxyl groups is 1. The number of imidazole rings is 1. The molecule has 5 rings (SSSR count). The number of pyridine rings is 1. The Balaban J connectivity index is 1.54. The van der Waals surface area contributed by atoms with Crippen molar-refractivity contribution in [3.63, 3.8) is 0 Å². The fraction of sp³-hybridized carbons (Fsp3) is 0.286. The minimum Gasteiger partial charge on any atom is -0.383 e. The van der Waals surface area contributed by atoms with Crippen LogP contribution in [-0.2, 0) is 0 Å². The molecule has 2 heterocycles. The Morgan fingerprint density at radius 1 is 1.03 bits per heavy atom. The van der Waals surface area contributed by atoms with Crippen LogP contribution >= 0.6 is 0 Å². The molecule has 0 aliphatic heterocycles. The molecular formula is C28H28FN3O2. The van der Waals surface area contributed by atoms with Crippen molar-refractivity contribution in [1.82, 2.24) is 14.1 Å². The monoisotopic (exact) mass is 457 g/mol. The van der Waals surface area contributed by atoms with E-state index in [1.54, 1.807) is 23.0 Å². The van der Waals surface area contributed by atoms with Crippen LogP contribution in [0.2, 0.25) is 0 Å². The van der Waals surface area contributed by atoms with Gasteiger partial charge in [-0.25, -0.2) is 9.37 Å². The molecule has 1 aliphatic carbocycles. The molecule has 6 heteroatoms. The average Bonchev–Trinajstić information content (AvgIpc) is 3.59. The molecule has 2 atom stereocenters. The van der Waals surface area contributed by atoms with Crippen LogP contribution in [0.25, 0.3) is 5.69 Å². The van der Waals surface area contributed by atoms with Crippen molar-refractivity contribution in [3.8, 4) is 5.69 Å². The van der Waals surface area contributed by atoms with Gasteiger partial charge >= 0.3 is 0 Å². The molecule has 1 fully saturated rings. The highest BCUT2D eigenvalue weighted by Gasteiger charge is 2.28. The van der Waals surface area contributed by atoms with Crippen molar-refractivity contribution >= 4 is 0 Å². The lowest BCUT2D eigenvalue weighted by Crippen LogP contribution is -2.29. The Morgan fingerprint density at radius 2 is 1.74 bits per heavy atom. The smallest absolute Gasteiger partial charge is 0.257 e. The van der Waals surface area contributed by atoms with Crippen LogP contribution < -0.4 is 5.56 Å². The molecule has 0 bridgehead atoms. The van der Waals surface area contributed by atoms with Crippen molar-refractivity contribution in [1.29, 1.82) is 0 Å². The number of aliphatic hydroxyl groups excluding tert-OH is 1. The van der Waals surface area contributed by atoms with Crippen LogP contribution in [0.3, 0.4) is 0 Å². The maximum absolute atomic E-state index is 13.6. The second kappa shape index (κ2) is 8.69. The average molecular weight is 458 g/mol. The van der Waals surface area contributed by atoms with E-state index < -0.39 is 6.10 Å². The number of hydrogen-bond donors (Lipinski definition) is 1. The highest BCUT2D eigenvalue weighted by molar-refractivity contribution is 5.45. The minimum absolute atomic E-state index is 0.235. The van der Waals surface area contributed by atoms with Crippen molar-refractivity contribution in [3.05, 3.63) is 117 Å². The summed E-state index contributed by atoms with van der Waals surface area (Å²) in [6.45, 7) is 5.85. The van der Waals surface area contributed by atoms with E-state index in [-0.39, 0.29) is 17.4 Å². The summed E-state index contributed by atoms with van der Waals surface area (Å²) in [5, 5.41) is 11.3. The van der Waals surface area contributed by atoms with Gasteiger partial charge in [0.15, 0.2) is 0 Å². The fourth-order valence-electron chi connectivity index (χ4n) is 4.54. The van der Waals surface area contributed by atoms with Gasteiger partial charge in [-0.15, -0.1) is 0 Å². The van der Waals surface area contributed by atoms with Crippen LogP contribution in [0.5, 0.6) is 0 Å². The van der Waals surface area contributed by atoms with E-state index in [0.717, 1.165) is 40.9 Å². The van der Waals surface area contributed by atoms with E-state index in [4.69, 9.17) is 0 Å². The molecule has 5 nitrogen and oxygen atoms in total. The van der Waals surface area contributed by atoms with E-state index in [1.807, 2.05) is 62.0 Å². The summed E-state index contributed by atoms with van der Waals surface area (Å²) in [5.41, 5.74) is 5.58. The zero-order valence-electron chi connectivity index (χ0n) is 19.6. The summed E-state index contributed by atoms with van der Waals surface area (Å²) in [5.74, 6) is 0.0996. The van der Waals surface area contributed by atoms with Crippen molar-refractivity contribution in [2.24, 2.45) is 0 Å². The molecule has 34 heavy (non-hydrogen) atoms. The first-order valence-corrected chi connectivity index (χ1v) is 11.6. The SMILES string of the molecule is Cc1cn(-c2ccc(C(O)c3cc(C4CC4)cn(C(C)c4ccc(F)cc4)c3=O)cc2C)cn1. The first-order chi connectivity index (χ1) is 16.3. The second-order valence-electron chi connectivity index (χ2n) is 9.31. The van der Waals surface area contributed by atoms with Gasteiger partial charge in [-0.2, -0.15) is 0 Å². The predicted octanol–water partition coefficient (Wildman–Crippen LogP) is 5.36. The maximum Gasteiger partial charge on any atom is 0.257 e. The summed E-state index contributed by atoms with van der Waals surface area (Å²) in [7, 11) is 0. The zero-order valence-corrected chi connectivity index (χ0v) is 19.6. The Morgan fingerprint density at radius 3 is 2.35 bits per heavy atom. The molecular weight excluding hydrogens is 429 g/mol. The molecule has 2 aromatic heterocycles. The van der Waals surface area contributed by atoms with E-state index in [9.17, 15) is 14.3 Å². The number of aryl methyl sites for hydroxylation is 2. The molecule has 0 amide bonds. The van der Waals surface area contributed by atoms with Crippen molar-refractivity contribution in [2.45, 2.75) is 51.7 Å². The lowest BCUT2D eigenvalue weighted by atomic mass is 9.97. The number of aromatic nitrogens is 3. The standard InChI is InChI=1S/C28H28FN3O2/c1-17-12-22(8-11-26(17)31-14-18(2)30-16-31)27(33)25-13-23(21-4-5-21)15-32(28(25)34)19(3)20-6-9-24(29)10-7-20/h6-16,19,21,27,33H,4-5H2,1-3H3. The molecule has 0 spiro atoms. The van der Waals surface area contributed by atoms with Gasteiger partial charge in [-0.1, -0.05) is 24.3 Å². The lowest BCUT2D eigenvalue weighted by molar-refractivity contribution is 0.217. The normalized spacial score (nSPS) is 15.3. The molecule has 1 aliphatic rings. The number of nitrogens with zero attached hydrogens (tertiary/aromatic N) is 3. The molecule has 2 aromatic carbocycles. The lowest BCUT2D eigenvalue weighted by Gasteiger charge is -2.21. The zero-order chi connectivity index (χ0) is 24.0. The van der Waals surface area contributed by atoms with Gasteiger partial charge in [0.1, 0.15) is 11.9 Å². The quantitative estimate of drug-likeness (QED) is 0.424. The van der Waals surface area contributed by atoms with Crippen LogP contribution in [0.1, 0.15) is 71.3 Å². The third-order valence-electron chi connectivity index (χ3n) is 6.73. The summed E-state index contributed by atoms with van der Waals surface area (Å²) in [4.78, 5) is 17.8.